The van der Waals surface area contributed by atoms with E-state index in [0.717, 1.165) is 32.4 Å². The molecule has 1 aliphatic carbocycles. The molecule has 104 valence electrons. The van der Waals surface area contributed by atoms with Crippen molar-refractivity contribution in [3.05, 3.63) is 0 Å². The molecule has 0 spiro atoms. The summed E-state index contributed by atoms with van der Waals surface area (Å²) >= 11 is 0. The highest BCUT2D eigenvalue weighted by Gasteiger charge is 2.35. The minimum absolute atomic E-state index is 0.0709. The van der Waals surface area contributed by atoms with Gasteiger partial charge in [0.25, 0.3) is 0 Å². The summed E-state index contributed by atoms with van der Waals surface area (Å²) < 4.78 is 0. The van der Waals surface area contributed by atoms with E-state index in [1.165, 1.54) is 6.42 Å². The largest absolute Gasteiger partial charge is 0.339 e. The summed E-state index contributed by atoms with van der Waals surface area (Å²) in [4.78, 5) is 17.0. The van der Waals surface area contributed by atoms with Gasteiger partial charge in [-0.2, -0.15) is 0 Å². The van der Waals surface area contributed by atoms with Crippen LogP contribution in [0.1, 0.15) is 39.5 Å². The van der Waals surface area contributed by atoms with Gasteiger partial charge in [-0.05, 0) is 33.7 Å². The van der Waals surface area contributed by atoms with Crippen LogP contribution in [0.2, 0.25) is 0 Å². The van der Waals surface area contributed by atoms with Gasteiger partial charge in [0, 0.05) is 31.2 Å². The number of rotatable bonds is 1. The Balaban J connectivity index is 2.00. The third-order valence-corrected chi connectivity index (χ3v) is 4.81. The van der Waals surface area contributed by atoms with Gasteiger partial charge in [0.1, 0.15) is 0 Å². The molecule has 1 saturated carbocycles. The Morgan fingerprint density at radius 1 is 1.11 bits per heavy atom. The van der Waals surface area contributed by atoms with Gasteiger partial charge in [-0.1, -0.05) is 12.8 Å². The fraction of sp³-hybridized carbons (Fsp3) is 0.929. The highest BCUT2D eigenvalue weighted by molar-refractivity contribution is 5.80. The number of likely N-dealkylation sites (N-methyl/N-ethyl adjacent to an activating group) is 1. The van der Waals surface area contributed by atoms with E-state index in [-0.39, 0.29) is 12.0 Å². The molecule has 1 heterocycles. The summed E-state index contributed by atoms with van der Waals surface area (Å²) in [6.07, 6.45) is 4.33. The molecule has 4 atom stereocenters. The van der Waals surface area contributed by atoms with Crippen molar-refractivity contribution in [2.45, 2.75) is 57.7 Å². The van der Waals surface area contributed by atoms with Gasteiger partial charge >= 0.3 is 0 Å². The number of carbonyl (C=O) groups is 1. The van der Waals surface area contributed by atoms with Crippen molar-refractivity contribution in [1.82, 2.24) is 9.80 Å². The summed E-state index contributed by atoms with van der Waals surface area (Å²) in [6, 6.07) is 0.964. The Labute approximate surface area is 110 Å². The van der Waals surface area contributed by atoms with Crippen LogP contribution in [0, 0.1) is 5.92 Å². The molecule has 0 aromatic heterocycles. The number of nitrogens with two attached hydrogens (primary N) is 1. The van der Waals surface area contributed by atoms with Crippen molar-refractivity contribution in [3.8, 4) is 0 Å². The molecule has 4 nitrogen and oxygen atoms in total. The van der Waals surface area contributed by atoms with Crippen LogP contribution >= 0.6 is 0 Å². The average Bonchev–Trinajstić information content (AvgIpc) is 2.35. The first kappa shape index (κ1) is 13.8. The highest BCUT2D eigenvalue weighted by Crippen LogP contribution is 2.26. The molecule has 1 amide bonds. The zero-order valence-corrected chi connectivity index (χ0v) is 11.9. The maximum Gasteiger partial charge on any atom is 0.227 e. The summed E-state index contributed by atoms with van der Waals surface area (Å²) in [5.41, 5.74) is 6.13. The van der Waals surface area contributed by atoms with E-state index in [1.807, 2.05) is 4.90 Å². The van der Waals surface area contributed by atoms with E-state index < -0.39 is 0 Å². The van der Waals surface area contributed by atoms with Crippen LogP contribution in [0.3, 0.4) is 0 Å². The normalized spacial score (nSPS) is 38.8. The lowest BCUT2D eigenvalue weighted by atomic mass is 9.84. The minimum Gasteiger partial charge on any atom is -0.339 e. The molecule has 18 heavy (non-hydrogen) atoms. The molecule has 0 aromatic carbocycles. The maximum absolute atomic E-state index is 12.6. The molecule has 1 aliphatic heterocycles. The second-order valence-electron chi connectivity index (χ2n) is 6.16. The highest BCUT2D eigenvalue weighted by atomic mass is 16.2. The lowest BCUT2D eigenvalue weighted by Crippen LogP contribution is -2.58. The molecule has 0 aromatic rings. The Hall–Kier alpha value is -0.610. The molecular formula is C14H27N3O. The first-order valence-electron chi connectivity index (χ1n) is 7.27. The first-order chi connectivity index (χ1) is 8.50. The van der Waals surface area contributed by atoms with Crippen LogP contribution in [0.15, 0.2) is 0 Å². The third kappa shape index (κ3) is 2.69. The fourth-order valence-electron chi connectivity index (χ4n) is 3.29. The van der Waals surface area contributed by atoms with E-state index >= 15 is 0 Å². The number of hydrogen-bond acceptors (Lipinski definition) is 3. The summed E-state index contributed by atoms with van der Waals surface area (Å²) in [7, 11) is 2.14. The Kier molecular flexibility index (Phi) is 4.28. The summed E-state index contributed by atoms with van der Waals surface area (Å²) in [5, 5.41) is 0. The lowest BCUT2D eigenvalue weighted by molar-refractivity contribution is -0.141. The smallest absolute Gasteiger partial charge is 0.227 e. The standard InChI is InChI=1S/C14H27N3O/c1-10-8-17(9-11(2)16(10)3)14(18)12-6-4-5-7-13(12)15/h10-13H,4-9,15H2,1-3H3. The van der Waals surface area contributed by atoms with E-state index in [9.17, 15) is 4.79 Å². The van der Waals surface area contributed by atoms with Crippen LogP contribution in [-0.2, 0) is 4.79 Å². The van der Waals surface area contributed by atoms with Gasteiger partial charge in [0.05, 0.1) is 5.92 Å². The summed E-state index contributed by atoms with van der Waals surface area (Å²) in [5.74, 6) is 0.371. The molecule has 2 rings (SSSR count). The first-order valence-corrected chi connectivity index (χ1v) is 7.27. The third-order valence-electron chi connectivity index (χ3n) is 4.81. The second-order valence-corrected chi connectivity index (χ2v) is 6.16. The average molecular weight is 253 g/mol. The molecule has 2 fully saturated rings. The number of nitrogens with zero attached hydrogens (tertiary/aromatic N) is 2. The van der Waals surface area contributed by atoms with Crippen LogP contribution in [0.4, 0.5) is 0 Å². The molecule has 2 aliphatic rings. The number of hydrogen-bond donors (Lipinski definition) is 1. The van der Waals surface area contributed by atoms with E-state index in [4.69, 9.17) is 5.73 Å². The minimum atomic E-state index is 0.0709. The van der Waals surface area contributed by atoms with E-state index in [1.54, 1.807) is 0 Å². The monoisotopic (exact) mass is 253 g/mol. The van der Waals surface area contributed by atoms with Crippen molar-refractivity contribution < 1.29 is 4.79 Å². The Bertz CT molecular complexity index is 295. The zero-order chi connectivity index (χ0) is 13.3. The molecular weight excluding hydrogens is 226 g/mol. The van der Waals surface area contributed by atoms with Gasteiger partial charge < -0.3 is 10.6 Å². The molecule has 4 heteroatoms. The van der Waals surface area contributed by atoms with Gasteiger partial charge in [0.15, 0.2) is 0 Å². The lowest BCUT2D eigenvalue weighted by Gasteiger charge is -2.44. The Morgan fingerprint density at radius 3 is 2.22 bits per heavy atom. The molecule has 4 unspecified atom stereocenters. The van der Waals surface area contributed by atoms with Crippen molar-refractivity contribution in [3.63, 3.8) is 0 Å². The SMILES string of the molecule is CC1CN(C(=O)C2CCCCC2N)CC(C)N1C. The predicted molar refractivity (Wildman–Crippen MR) is 73.2 cm³/mol. The number of carbonyl (C=O) groups excluding carboxylic acids is 1. The topological polar surface area (TPSA) is 49.6 Å². The number of amides is 1. The fourth-order valence-corrected chi connectivity index (χ4v) is 3.29. The van der Waals surface area contributed by atoms with Gasteiger partial charge in [-0.25, -0.2) is 0 Å². The van der Waals surface area contributed by atoms with Crippen LogP contribution in [0.5, 0.6) is 0 Å². The van der Waals surface area contributed by atoms with E-state index in [2.05, 4.69) is 25.8 Å². The molecule has 0 radical (unpaired) electrons. The second kappa shape index (κ2) is 5.57. The van der Waals surface area contributed by atoms with Crippen molar-refractivity contribution in [1.29, 1.82) is 0 Å². The van der Waals surface area contributed by atoms with Gasteiger partial charge in [-0.15, -0.1) is 0 Å². The van der Waals surface area contributed by atoms with Crippen LogP contribution < -0.4 is 5.73 Å². The molecule has 2 N–H and O–H groups in total. The summed E-state index contributed by atoms with van der Waals surface area (Å²) in [6.45, 7) is 6.08. The van der Waals surface area contributed by atoms with E-state index in [0.29, 0.717) is 18.0 Å². The van der Waals surface area contributed by atoms with Crippen molar-refractivity contribution >= 4 is 5.91 Å². The van der Waals surface area contributed by atoms with Gasteiger partial charge in [0.2, 0.25) is 5.91 Å². The van der Waals surface area contributed by atoms with Crippen molar-refractivity contribution in [2.75, 3.05) is 20.1 Å². The molecule has 1 saturated heterocycles. The quantitative estimate of drug-likeness (QED) is 0.760. The predicted octanol–water partition coefficient (Wildman–Crippen LogP) is 1.05. The van der Waals surface area contributed by atoms with Crippen LogP contribution in [0.25, 0.3) is 0 Å². The zero-order valence-electron chi connectivity index (χ0n) is 11.9. The van der Waals surface area contributed by atoms with Crippen molar-refractivity contribution in [2.24, 2.45) is 11.7 Å². The van der Waals surface area contributed by atoms with Gasteiger partial charge in [-0.3, -0.25) is 9.69 Å². The number of piperazine rings is 1. The molecule has 0 bridgehead atoms. The van der Waals surface area contributed by atoms with Crippen LogP contribution in [-0.4, -0.2) is 54.0 Å². The Morgan fingerprint density at radius 2 is 1.67 bits per heavy atom. The maximum atomic E-state index is 12.6.